The average Bonchev–Trinajstić information content (AvgIpc) is 3.48. The third kappa shape index (κ3) is 11.1. The Labute approximate surface area is 199 Å². The number of carbonyl (C=O) groups excluding carboxylic acids is 2. The highest BCUT2D eigenvalue weighted by Crippen LogP contribution is 2.09. The van der Waals surface area contributed by atoms with Gasteiger partial charge in [-0.25, -0.2) is 4.98 Å². The van der Waals surface area contributed by atoms with Crippen molar-refractivity contribution in [3.63, 3.8) is 0 Å². The van der Waals surface area contributed by atoms with E-state index < -0.39 is 0 Å². The minimum absolute atomic E-state index is 0.0838. The molecule has 0 aliphatic carbocycles. The minimum atomic E-state index is -0.0838. The van der Waals surface area contributed by atoms with Crippen molar-refractivity contribution < 1.29 is 9.59 Å². The summed E-state index contributed by atoms with van der Waals surface area (Å²) in [6.07, 6.45) is 14.6. The van der Waals surface area contributed by atoms with Crippen LogP contribution in [0.25, 0.3) is 5.65 Å². The van der Waals surface area contributed by atoms with Gasteiger partial charge in [0.1, 0.15) is 17.6 Å². The summed E-state index contributed by atoms with van der Waals surface area (Å²) in [5.74, 6) is 0.737. The maximum atomic E-state index is 12.1. The molecular weight excluding hydrogens is 412 g/mol. The molecule has 1 atom stereocenters. The van der Waals surface area contributed by atoms with E-state index in [1.54, 1.807) is 6.20 Å². The lowest BCUT2D eigenvalue weighted by molar-refractivity contribution is -0.106. The predicted molar refractivity (Wildman–Crippen MR) is 138 cm³/mol. The molecule has 3 heterocycles. The predicted octanol–water partition coefficient (Wildman–Crippen LogP) is 5.23. The Morgan fingerprint density at radius 3 is 2.61 bits per heavy atom. The highest BCUT2D eigenvalue weighted by atomic mass is 16.1. The molecule has 1 amide bonds. The molecule has 3 rings (SSSR count). The van der Waals surface area contributed by atoms with Crippen LogP contribution >= 0.6 is 0 Å². The third-order valence-electron chi connectivity index (χ3n) is 5.57. The molecule has 2 aromatic heterocycles. The minimum Gasteiger partial charge on any atom is -0.351 e. The highest BCUT2D eigenvalue weighted by molar-refractivity contribution is 5.92. The van der Waals surface area contributed by atoms with Crippen molar-refractivity contribution in [3.05, 3.63) is 60.6 Å². The van der Waals surface area contributed by atoms with Crippen LogP contribution in [-0.2, 0) is 4.79 Å². The largest absolute Gasteiger partial charge is 0.351 e. The smallest absolute Gasteiger partial charge is 0.271 e. The molecule has 0 radical (unpaired) electrons. The van der Waals surface area contributed by atoms with Gasteiger partial charge in [0.05, 0.1) is 0 Å². The molecule has 1 aliphatic rings. The quantitative estimate of drug-likeness (QED) is 0.320. The molecular formula is C27H42N4O2. The van der Waals surface area contributed by atoms with Gasteiger partial charge in [-0.3, -0.25) is 4.79 Å². The normalized spacial score (nSPS) is 14.2. The summed E-state index contributed by atoms with van der Waals surface area (Å²) in [5, 5.41) is 2.96. The fourth-order valence-corrected chi connectivity index (χ4v) is 3.43. The number of nitrogens with one attached hydrogen (secondary N) is 1. The lowest BCUT2D eigenvalue weighted by Gasteiger charge is -2.13. The van der Waals surface area contributed by atoms with Gasteiger partial charge in [-0.05, 0) is 77.2 Å². The molecule has 6 heteroatoms. The van der Waals surface area contributed by atoms with E-state index in [1.807, 2.05) is 41.7 Å². The molecule has 1 saturated heterocycles. The van der Waals surface area contributed by atoms with Crippen LogP contribution in [-0.4, -0.2) is 52.7 Å². The Kier molecular flexibility index (Phi) is 14.4. The number of fused-ring (bicyclic) bond motifs is 1. The maximum absolute atomic E-state index is 12.1. The van der Waals surface area contributed by atoms with Crippen LogP contribution in [0.1, 0.15) is 69.1 Å². The molecule has 0 aromatic carbocycles. The fourth-order valence-electron chi connectivity index (χ4n) is 3.43. The Morgan fingerprint density at radius 2 is 2.00 bits per heavy atom. The van der Waals surface area contributed by atoms with Crippen molar-refractivity contribution in [1.29, 1.82) is 0 Å². The average molecular weight is 455 g/mol. The number of nitrogens with zero attached hydrogens (tertiary/aromatic N) is 3. The van der Waals surface area contributed by atoms with E-state index >= 15 is 0 Å². The van der Waals surface area contributed by atoms with Gasteiger partial charge in [-0.1, -0.05) is 51.1 Å². The Morgan fingerprint density at radius 1 is 1.30 bits per heavy atom. The maximum Gasteiger partial charge on any atom is 0.271 e. The van der Waals surface area contributed by atoms with Crippen molar-refractivity contribution in [1.82, 2.24) is 19.6 Å². The SMILES string of the molecule is C=C/C=C\CC(C)CC.CC=O.Cc1cccc2nc(C(=O)NCCCN3CCCC3)cn12. The van der Waals surface area contributed by atoms with Crippen molar-refractivity contribution in [3.8, 4) is 0 Å². The molecule has 182 valence electrons. The molecule has 2 aromatic rings. The van der Waals surface area contributed by atoms with Crippen LogP contribution in [0.5, 0.6) is 0 Å². The molecule has 1 unspecified atom stereocenters. The summed E-state index contributed by atoms with van der Waals surface area (Å²) in [5.41, 5.74) is 2.38. The Hall–Kier alpha value is -2.73. The van der Waals surface area contributed by atoms with E-state index in [0.717, 1.165) is 36.5 Å². The molecule has 0 bridgehead atoms. The van der Waals surface area contributed by atoms with Crippen molar-refractivity contribution >= 4 is 17.8 Å². The van der Waals surface area contributed by atoms with E-state index in [0.29, 0.717) is 12.2 Å². The van der Waals surface area contributed by atoms with Crippen molar-refractivity contribution in [2.75, 3.05) is 26.2 Å². The van der Waals surface area contributed by atoms with Gasteiger partial charge in [-0.2, -0.15) is 0 Å². The van der Waals surface area contributed by atoms with Crippen LogP contribution in [0, 0.1) is 12.8 Å². The van der Waals surface area contributed by atoms with Crippen molar-refractivity contribution in [2.45, 2.75) is 59.8 Å². The summed E-state index contributed by atoms with van der Waals surface area (Å²) in [4.78, 5) is 27.8. The van der Waals surface area contributed by atoms with E-state index in [9.17, 15) is 4.79 Å². The molecule has 0 spiro atoms. The van der Waals surface area contributed by atoms with Crippen molar-refractivity contribution in [2.24, 2.45) is 5.92 Å². The topological polar surface area (TPSA) is 66.7 Å². The first-order valence-corrected chi connectivity index (χ1v) is 12.1. The molecule has 1 fully saturated rings. The van der Waals surface area contributed by atoms with E-state index in [2.05, 4.69) is 41.7 Å². The highest BCUT2D eigenvalue weighted by Gasteiger charge is 2.12. The molecule has 1 aliphatic heterocycles. The van der Waals surface area contributed by atoms with E-state index in [1.165, 1.54) is 45.7 Å². The zero-order valence-electron chi connectivity index (χ0n) is 20.9. The molecule has 0 saturated carbocycles. The van der Waals surface area contributed by atoms with Crippen LogP contribution in [0.3, 0.4) is 0 Å². The van der Waals surface area contributed by atoms with Gasteiger partial charge >= 0.3 is 0 Å². The summed E-state index contributed by atoms with van der Waals surface area (Å²) in [6.45, 7) is 15.7. The van der Waals surface area contributed by atoms with Gasteiger partial charge in [0.25, 0.3) is 5.91 Å². The van der Waals surface area contributed by atoms with E-state index in [4.69, 9.17) is 4.79 Å². The van der Waals surface area contributed by atoms with Gasteiger partial charge in [0, 0.05) is 18.4 Å². The van der Waals surface area contributed by atoms with Crippen LogP contribution in [0.2, 0.25) is 0 Å². The zero-order chi connectivity index (χ0) is 24.5. The zero-order valence-corrected chi connectivity index (χ0v) is 20.9. The van der Waals surface area contributed by atoms with Crippen LogP contribution in [0.15, 0.2) is 49.2 Å². The number of allylic oxidation sites excluding steroid dienone is 3. The summed E-state index contributed by atoms with van der Waals surface area (Å²) >= 11 is 0. The first-order chi connectivity index (χ1) is 16.0. The number of amides is 1. The van der Waals surface area contributed by atoms with Gasteiger partial charge in [-0.15, -0.1) is 0 Å². The molecule has 33 heavy (non-hydrogen) atoms. The number of aromatic nitrogens is 2. The fraction of sp³-hybridized carbons (Fsp3) is 0.519. The van der Waals surface area contributed by atoms with Crippen LogP contribution in [0.4, 0.5) is 0 Å². The van der Waals surface area contributed by atoms with E-state index in [-0.39, 0.29) is 5.91 Å². The number of aldehydes is 1. The lowest BCUT2D eigenvalue weighted by Crippen LogP contribution is -2.28. The first kappa shape index (κ1) is 28.3. The number of likely N-dealkylation sites (tertiary alicyclic amines) is 1. The number of pyridine rings is 1. The number of hydrogen-bond donors (Lipinski definition) is 1. The monoisotopic (exact) mass is 454 g/mol. The van der Waals surface area contributed by atoms with Gasteiger partial charge in [0.2, 0.25) is 0 Å². The lowest BCUT2D eigenvalue weighted by atomic mass is 10.1. The Balaban J connectivity index is 0.000000382. The summed E-state index contributed by atoms with van der Waals surface area (Å²) in [6, 6.07) is 5.87. The standard InChI is InChI=1S/C16H22N4O.C9H16.C2H4O/c1-13-6-4-7-15-18-14(12-20(13)15)16(21)17-8-5-11-19-9-2-3-10-19;1-4-6-7-8-9(3)5-2;1-2-3/h4,6-7,12H,2-3,5,8-11H2,1H3,(H,17,21);4,6-7,9H,1,5,8H2,2-3H3;2H,1H3/b;7-6-;. The number of hydrogen-bond acceptors (Lipinski definition) is 4. The van der Waals surface area contributed by atoms with Gasteiger partial charge in [0.15, 0.2) is 0 Å². The second-order valence-corrected chi connectivity index (χ2v) is 8.33. The third-order valence-corrected chi connectivity index (χ3v) is 5.57. The van der Waals surface area contributed by atoms with Gasteiger partial charge < -0.3 is 19.4 Å². The second kappa shape index (κ2) is 16.8. The summed E-state index contributed by atoms with van der Waals surface area (Å²) < 4.78 is 1.94. The number of imidazole rings is 1. The summed E-state index contributed by atoms with van der Waals surface area (Å²) in [7, 11) is 0. The molecule has 6 nitrogen and oxygen atoms in total. The number of aryl methyl sites for hydroxylation is 1. The first-order valence-electron chi connectivity index (χ1n) is 12.1. The van der Waals surface area contributed by atoms with Crippen LogP contribution < -0.4 is 5.32 Å². The number of rotatable bonds is 9. The Bertz CT molecular complexity index is 866. The second-order valence-electron chi connectivity index (χ2n) is 8.33. The molecule has 1 N–H and O–H groups in total. The number of carbonyl (C=O) groups is 2.